The number of fused-ring (bicyclic) bond motifs is 2. The second kappa shape index (κ2) is 12.2. The molecule has 0 radical (unpaired) electrons. The number of anilines is 2. The minimum absolute atomic E-state index is 0.0586. The van der Waals surface area contributed by atoms with E-state index in [0.29, 0.717) is 31.3 Å². The third-order valence-electron chi connectivity index (χ3n) is 8.29. The number of aromatic amines is 1. The molecule has 7 nitrogen and oxygen atoms in total. The Labute approximate surface area is 254 Å². The highest BCUT2D eigenvalue weighted by Gasteiger charge is 2.30. The Bertz CT molecular complexity index is 1640. The van der Waals surface area contributed by atoms with Gasteiger partial charge < -0.3 is 25.3 Å². The molecule has 3 N–H and O–H groups in total. The predicted molar refractivity (Wildman–Crippen MR) is 170 cm³/mol. The third-order valence-corrected chi connectivity index (χ3v) is 10.9. The van der Waals surface area contributed by atoms with Crippen LogP contribution in [0.15, 0.2) is 97.3 Å². The second-order valence-electron chi connectivity index (χ2n) is 11.2. The number of aromatic nitrogens is 2. The van der Waals surface area contributed by atoms with Crippen molar-refractivity contribution in [3.8, 4) is 0 Å². The van der Waals surface area contributed by atoms with E-state index >= 15 is 0 Å². The normalized spacial score (nSPS) is 20.8. The first kappa shape index (κ1) is 27.6. The molecule has 216 valence electrons. The van der Waals surface area contributed by atoms with E-state index in [1.807, 2.05) is 35.7 Å². The van der Waals surface area contributed by atoms with Crippen molar-refractivity contribution in [3.05, 3.63) is 100 Å². The Morgan fingerprint density at radius 3 is 2.83 bits per heavy atom. The smallest absolute Gasteiger partial charge is 0.271 e. The van der Waals surface area contributed by atoms with Gasteiger partial charge in [0.05, 0.1) is 18.3 Å². The van der Waals surface area contributed by atoms with Crippen LogP contribution in [0.1, 0.15) is 41.9 Å². The number of pyridine rings is 2. The molecule has 42 heavy (non-hydrogen) atoms. The highest BCUT2D eigenvalue weighted by Crippen LogP contribution is 2.52. The third kappa shape index (κ3) is 5.71. The average molecular weight is 598 g/mol. The number of piperidine rings is 1. The molecule has 0 bridgehead atoms. The molecule has 3 atom stereocenters. The molecule has 2 aromatic carbocycles. The molecule has 5 heterocycles. The molecule has 3 aliphatic heterocycles. The van der Waals surface area contributed by atoms with E-state index in [-0.39, 0.29) is 17.7 Å². The maximum absolute atomic E-state index is 12.5. The summed E-state index contributed by atoms with van der Waals surface area (Å²) in [6.45, 7) is 6.09. The lowest BCUT2D eigenvalue weighted by molar-refractivity contribution is 0.0378. The molecule has 0 aliphatic carbocycles. The lowest BCUT2D eigenvalue weighted by Crippen LogP contribution is -2.41. The minimum atomic E-state index is -0.101. The van der Waals surface area contributed by atoms with Crippen LogP contribution in [-0.2, 0) is 4.74 Å². The van der Waals surface area contributed by atoms with Gasteiger partial charge >= 0.3 is 0 Å². The number of H-pyrrole nitrogens is 1. The molecule has 4 aromatic rings. The number of ether oxygens (including phenoxy) is 1. The maximum Gasteiger partial charge on any atom is 0.271 e. The summed E-state index contributed by atoms with van der Waals surface area (Å²) >= 11 is 3.64. The van der Waals surface area contributed by atoms with Crippen LogP contribution in [-0.4, -0.2) is 42.8 Å². The molecule has 2 fully saturated rings. The summed E-state index contributed by atoms with van der Waals surface area (Å²) < 4.78 is 6.28. The lowest BCUT2D eigenvalue weighted by atomic mass is 9.89. The molecule has 2 aromatic heterocycles. The fourth-order valence-electron chi connectivity index (χ4n) is 6.20. The summed E-state index contributed by atoms with van der Waals surface area (Å²) in [4.78, 5) is 27.3. The van der Waals surface area contributed by atoms with E-state index in [2.05, 4.69) is 82.0 Å². The first-order chi connectivity index (χ1) is 20.6. The van der Waals surface area contributed by atoms with Crippen molar-refractivity contribution in [1.82, 2.24) is 15.3 Å². The molecule has 0 amide bonds. The number of nitrogens with zero attached hydrogens (tertiary/aromatic N) is 2. The summed E-state index contributed by atoms with van der Waals surface area (Å²) in [7, 11) is 0. The Morgan fingerprint density at radius 1 is 1.05 bits per heavy atom. The van der Waals surface area contributed by atoms with Crippen molar-refractivity contribution in [2.75, 3.05) is 43.0 Å². The van der Waals surface area contributed by atoms with Gasteiger partial charge in [0, 0.05) is 56.8 Å². The molecule has 7 rings (SSSR count). The van der Waals surface area contributed by atoms with Crippen LogP contribution in [0.3, 0.4) is 0 Å². The van der Waals surface area contributed by atoms with Gasteiger partial charge in [-0.3, -0.25) is 9.78 Å². The molecule has 0 saturated carbocycles. The number of hydrogen-bond donors (Lipinski definition) is 3. The Kier molecular flexibility index (Phi) is 7.99. The van der Waals surface area contributed by atoms with Crippen LogP contribution in [0.5, 0.6) is 0 Å². The number of morpholine rings is 1. The zero-order valence-electron chi connectivity index (χ0n) is 23.6. The molecule has 3 aliphatic rings. The van der Waals surface area contributed by atoms with Crippen LogP contribution in [0.2, 0.25) is 0 Å². The van der Waals surface area contributed by atoms with E-state index in [1.54, 1.807) is 6.20 Å². The highest BCUT2D eigenvalue weighted by molar-refractivity contribution is 8.05. The topological polar surface area (TPSA) is 82.3 Å². The Balaban J connectivity index is 1.13. The van der Waals surface area contributed by atoms with E-state index in [9.17, 15) is 4.79 Å². The van der Waals surface area contributed by atoms with Crippen molar-refractivity contribution in [2.45, 2.75) is 51.5 Å². The molecule has 2 saturated heterocycles. The zero-order valence-corrected chi connectivity index (χ0v) is 25.3. The van der Waals surface area contributed by atoms with Gasteiger partial charge in [-0.2, -0.15) is 0 Å². The predicted octanol–water partition coefficient (Wildman–Crippen LogP) is 6.42. The highest BCUT2D eigenvalue weighted by atomic mass is 32.2. The van der Waals surface area contributed by atoms with Gasteiger partial charge in [0.15, 0.2) is 0 Å². The summed E-state index contributed by atoms with van der Waals surface area (Å²) in [5, 5.41) is 7.46. The van der Waals surface area contributed by atoms with Gasteiger partial charge in [-0.15, -0.1) is 0 Å². The first-order valence-electron chi connectivity index (χ1n) is 14.7. The number of benzene rings is 2. The quantitative estimate of drug-likeness (QED) is 0.207. The van der Waals surface area contributed by atoms with Crippen LogP contribution < -0.4 is 21.1 Å². The van der Waals surface area contributed by atoms with Crippen molar-refractivity contribution in [3.63, 3.8) is 0 Å². The fraction of sp³-hybridized carbons (Fsp3) is 0.333. The van der Waals surface area contributed by atoms with Crippen LogP contribution in [0.25, 0.3) is 0 Å². The standard InChI is InChI=1S/C33H35N5O2S2/c1-21-6-2-9-25(36-21)31(22-7-4-14-34-19-22)37-23-12-13-28-30(18-23)41-29-11-3-8-24(32(29)42-28)27-20-38(16-17-40-27)26-10-5-15-35-33(26)39/h2-3,5-6,8-13,15,18,22,27,31,34,37H,4,7,14,16-17,19-20H2,1H3,(H,35,39). The van der Waals surface area contributed by atoms with Gasteiger partial charge in [0.1, 0.15) is 11.8 Å². The Hall–Kier alpha value is -3.24. The Morgan fingerprint density at radius 2 is 1.98 bits per heavy atom. The first-order valence-corrected chi connectivity index (χ1v) is 16.3. The minimum Gasteiger partial charge on any atom is -0.376 e. The van der Waals surface area contributed by atoms with Gasteiger partial charge in [0.2, 0.25) is 0 Å². The number of hydrogen-bond acceptors (Lipinski definition) is 8. The molecule has 9 heteroatoms. The van der Waals surface area contributed by atoms with E-state index in [1.165, 1.54) is 38.0 Å². The van der Waals surface area contributed by atoms with Crippen molar-refractivity contribution >= 4 is 34.9 Å². The van der Waals surface area contributed by atoms with Crippen LogP contribution in [0.4, 0.5) is 11.4 Å². The number of nitrogens with one attached hydrogen (secondary N) is 3. The van der Waals surface area contributed by atoms with Crippen molar-refractivity contribution in [1.29, 1.82) is 0 Å². The van der Waals surface area contributed by atoms with Crippen molar-refractivity contribution < 1.29 is 4.74 Å². The molecule has 0 spiro atoms. The van der Waals surface area contributed by atoms with Gasteiger partial charge in [0.25, 0.3) is 5.56 Å². The van der Waals surface area contributed by atoms with Gasteiger partial charge in [-0.25, -0.2) is 0 Å². The summed E-state index contributed by atoms with van der Waals surface area (Å²) in [6, 6.07) is 23.5. The molecule has 3 unspecified atom stereocenters. The zero-order chi connectivity index (χ0) is 28.5. The average Bonchev–Trinajstić information content (AvgIpc) is 3.03. The van der Waals surface area contributed by atoms with Gasteiger partial charge in [-0.05, 0) is 86.3 Å². The monoisotopic (exact) mass is 597 g/mol. The molecular weight excluding hydrogens is 563 g/mol. The summed E-state index contributed by atoms with van der Waals surface area (Å²) in [6.07, 6.45) is 3.95. The number of rotatable bonds is 6. The van der Waals surface area contributed by atoms with Crippen LogP contribution >= 0.6 is 23.5 Å². The SMILES string of the molecule is Cc1cccc(C(Nc2ccc3c(c2)Sc2cccc(C4CN(c5ccc[nH]c5=O)CCO4)c2S3)C2CCCNC2)n1. The van der Waals surface area contributed by atoms with Gasteiger partial charge in [-0.1, -0.05) is 41.7 Å². The molecular formula is C33H35N5O2S2. The number of aryl methyl sites for hydroxylation is 1. The van der Waals surface area contributed by atoms with Crippen LogP contribution in [0, 0.1) is 12.8 Å². The fourth-order valence-corrected chi connectivity index (χ4v) is 8.65. The second-order valence-corrected chi connectivity index (χ2v) is 13.3. The van der Waals surface area contributed by atoms with Crippen molar-refractivity contribution in [2.24, 2.45) is 5.92 Å². The maximum atomic E-state index is 12.5. The largest absolute Gasteiger partial charge is 0.376 e. The van der Waals surface area contributed by atoms with E-state index in [4.69, 9.17) is 9.72 Å². The van der Waals surface area contributed by atoms with E-state index < -0.39 is 0 Å². The summed E-state index contributed by atoms with van der Waals surface area (Å²) in [5.41, 5.74) is 5.11. The lowest BCUT2D eigenvalue weighted by Gasteiger charge is -2.35. The van der Waals surface area contributed by atoms with E-state index in [0.717, 1.165) is 30.2 Å². The summed E-state index contributed by atoms with van der Waals surface area (Å²) in [5.74, 6) is 0.482.